The number of hydrogen-bond donors (Lipinski definition) is 1. The number of alkyl carbamates (subject to hydrolysis) is 1. The molecule has 210 valence electrons. The quantitative estimate of drug-likeness (QED) is 0.368. The summed E-state index contributed by atoms with van der Waals surface area (Å²) >= 11 is 0. The fourth-order valence-corrected chi connectivity index (χ4v) is 3.68. The van der Waals surface area contributed by atoms with Crippen molar-refractivity contribution in [1.29, 1.82) is 0 Å². The molecule has 0 aromatic heterocycles. The highest BCUT2D eigenvalue weighted by molar-refractivity contribution is 5.81. The molecule has 0 aliphatic carbocycles. The van der Waals surface area contributed by atoms with Crippen molar-refractivity contribution < 1.29 is 41.4 Å². The Morgan fingerprint density at radius 3 is 2.16 bits per heavy atom. The molecule has 1 aliphatic rings. The molecular formula is C28H35F4NO5. The Morgan fingerprint density at radius 2 is 1.63 bits per heavy atom. The molecule has 2 aromatic rings. The zero-order chi connectivity index (χ0) is 28.5. The Morgan fingerprint density at radius 1 is 1.03 bits per heavy atom. The van der Waals surface area contributed by atoms with Gasteiger partial charge in [-0.15, -0.1) is 0 Å². The van der Waals surface area contributed by atoms with E-state index in [1.54, 1.807) is 39.8 Å². The number of hydrogen-bond acceptors (Lipinski definition) is 5. The molecule has 0 saturated carbocycles. The summed E-state index contributed by atoms with van der Waals surface area (Å²) < 4.78 is 66.4. The molecule has 1 fully saturated rings. The number of cyclic esters (lactones) is 1. The normalized spacial score (nSPS) is 20.6. The molecule has 1 saturated heterocycles. The van der Waals surface area contributed by atoms with Gasteiger partial charge >= 0.3 is 18.2 Å². The second kappa shape index (κ2) is 13.6. The van der Waals surface area contributed by atoms with Crippen LogP contribution in [0.3, 0.4) is 0 Å². The first-order valence-corrected chi connectivity index (χ1v) is 12.3. The lowest BCUT2D eigenvalue weighted by Crippen LogP contribution is -2.47. The number of esters is 1. The van der Waals surface area contributed by atoms with Crippen molar-refractivity contribution in [3.05, 3.63) is 71.0 Å². The number of ether oxygens (including phenoxy) is 3. The van der Waals surface area contributed by atoms with Gasteiger partial charge in [-0.05, 0) is 83.2 Å². The number of aryl methyl sites for hydroxylation is 1. The van der Waals surface area contributed by atoms with Gasteiger partial charge in [0.05, 0.1) is 18.3 Å². The number of nitrogens with one attached hydrogen (secondary N) is 1. The predicted octanol–water partition coefficient (Wildman–Crippen LogP) is 6.24. The molecule has 2 aromatic carbocycles. The van der Waals surface area contributed by atoms with E-state index in [1.807, 2.05) is 6.92 Å². The molecule has 1 N–H and O–H groups in total. The molecule has 3 atom stereocenters. The van der Waals surface area contributed by atoms with Gasteiger partial charge in [0.25, 0.3) is 0 Å². The third kappa shape index (κ3) is 11.5. The minimum atomic E-state index is -4.38. The van der Waals surface area contributed by atoms with E-state index in [0.717, 1.165) is 23.3 Å². The molecule has 38 heavy (non-hydrogen) atoms. The summed E-state index contributed by atoms with van der Waals surface area (Å²) in [5, 5.41) is 2.46. The molecule has 0 bridgehead atoms. The van der Waals surface area contributed by atoms with Crippen LogP contribution in [0, 0.1) is 18.7 Å². The lowest BCUT2D eigenvalue weighted by Gasteiger charge is -2.23. The summed E-state index contributed by atoms with van der Waals surface area (Å²) in [6.45, 7) is 8.96. The average molecular weight is 542 g/mol. The first-order chi connectivity index (χ1) is 17.6. The molecule has 1 heterocycles. The zero-order valence-electron chi connectivity index (χ0n) is 22.2. The standard InChI is InChI=1S/C21H28F3NO5.C7H7F/c1-13-9-15(10-14-5-7-16(8-6-14)21(22,23)24)11-28-12-17(18(26)29-13)25-19(27)30-20(2,3)4;1-6-2-4-7(8)5-3-6/h5-8,13,15,17H,9-12H2,1-4H3,(H,25,27);2-5H,1H3/t13?,15?,17-;/m0./s1. The van der Waals surface area contributed by atoms with Gasteiger partial charge in [0.1, 0.15) is 11.4 Å². The maximum absolute atomic E-state index is 12.7. The number of carbonyl (C=O) groups excluding carboxylic acids is 2. The molecule has 10 heteroatoms. The summed E-state index contributed by atoms with van der Waals surface area (Å²) in [5.41, 5.74) is 0.410. The summed E-state index contributed by atoms with van der Waals surface area (Å²) in [7, 11) is 0. The second-order valence-corrected chi connectivity index (χ2v) is 10.3. The van der Waals surface area contributed by atoms with E-state index in [-0.39, 0.29) is 24.9 Å². The lowest BCUT2D eigenvalue weighted by atomic mass is 9.94. The maximum Gasteiger partial charge on any atom is 0.416 e. The van der Waals surface area contributed by atoms with Crippen molar-refractivity contribution in [3.8, 4) is 0 Å². The summed E-state index contributed by atoms with van der Waals surface area (Å²) in [4.78, 5) is 24.3. The Hall–Kier alpha value is -3.14. The van der Waals surface area contributed by atoms with Crippen molar-refractivity contribution in [2.75, 3.05) is 13.2 Å². The monoisotopic (exact) mass is 541 g/mol. The van der Waals surface area contributed by atoms with E-state index in [9.17, 15) is 27.2 Å². The zero-order valence-corrected chi connectivity index (χ0v) is 22.2. The van der Waals surface area contributed by atoms with Gasteiger partial charge in [-0.25, -0.2) is 14.0 Å². The number of amides is 1. The summed E-state index contributed by atoms with van der Waals surface area (Å²) in [5.74, 6) is -0.857. The predicted molar refractivity (Wildman–Crippen MR) is 134 cm³/mol. The first-order valence-electron chi connectivity index (χ1n) is 12.3. The van der Waals surface area contributed by atoms with Gasteiger partial charge in [0, 0.05) is 6.61 Å². The van der Waals surface area contributed by atoms with E-state index in [2.05, 4.69) is 5.32 Å². The number of rotatable bonds is 3. The van der Waals surface area contributed by atoms with E-state index in [0.29, 0.717) is 12.8 Å². The van der Waals surface area contributed by atoms with E-state index >= 15 is 0 Å². The molecular weight excluding hydrogens is 506 g/mol. The van der Waals surface area contributed by atoms with Crippen LogP contribution >= 0.6 is 0 Å². The fraction of sp³-hybridized carbons (Fsp3) is 0.500. The van der Waals surface area contributed by atoms with Crippen LogP contribution < -0.4 is 5.32 Å². The largest absolute Gasteiger partial charge is 0.461 e. The summed E-state index contributed by atoms with van der Waals surface area (Å²) in [6.07, 6.45) is -4.61. The SMILES string of the molecule is CC1CC(Cc2ccc(C(F)(F)F)cc2)COC[C@H](NC(=O)OC(C)(C)C)C(=O)O1.Cc1ccc(F)cc1. The van der Waals surface area contributed by atoms with Gasteiger partial charge in [-0.1, -0.05) is 29.8 Å². The highest BCUT2D eigenvalue weighted by Gasteiger charge is 2.31. The van der Waals surface area contributed by atoms with Crippen LogP contribution in [0.4, 0.5) is 22.4 Å². The maximum atomic E-state index is 12.7. The molecule has 2 unspecified atom stereocenters. The molecule has 1 aliphatic heterocycles. The van der Waals surface area contributed by atoms with Crippen LogP contribution in [-0.2, 0) is 31.6 Å². The Labute approximate surface area is 220 Å². The third-order valence-electron chi connectivity index (χ3n) is 5.41. The topological polar surface area (TPSA) is 73.9 Å². The fourth-order valence-electron chi connectivity index (χ4n) is 3.68. The van der Waals surface area contributed by atoms with Crippen LogP contribution in [0.1, 0.15) is 50.8 Å². The van der Waals surface area contributed by atoms with Crippen molar-refractivity contribution in [2.24, 2.45) is 5.92 Å². The molecule has 6 nitrogen and oxygen atoms in total. The highest BCUT2D eigenvalue weighted by Crippen LogP contribution is 2.29. The molecule has 1 amide bonds. The molecule has 0 radical (unpaired) electrons. The van der Waals surface area contributed by atoms with Gasteiger partial charge in [-0.2, -0.15) is 13.2 Å². The van der Waals surface area contributed by atoms with E-state index in [1.165, 1.54) is 24.3 Å². The lowest BCUT2D eigenvalue weighted by molar-refractivity contribution is -0.151. The summed E-state index contributed by atoms with van der Waals surface area (Å²) in [6, 6.07) is 10.4. The first kappa shape index (κ1) is 31.1. The van der Waals surface area contributed by atoms with Crippen molar-refractivity contribution in [2.45, 2.75) is 71.4 Å². The number of carbonyl (C=O) groups is 2. The highest BCUT2D eigenvalue weighted by atomic mass is 19.4. The van der Waals surface area contributed by atoms with Gasteiger partial charge in [0.15, 0.2) is 6.04 Å². The minimum Gasteiger partial charge on any atom is -0.461 e. The van der Waals surface area contributed by atoms with Crippen molar-refractivity contribution in [1.82, 2.24) is 5.32 Å². The van der Waals surface area contributed by atoms with Crippen molar-refractivity contribution >= 4 is 12.1 Å². The van der Waals surface area contributed by atoms with Crippen LogP contribution in [-0.4, -0.2) is 43.0 Å². The van der Waals surface area contributed by atoms with Crippen LogP contribution in [0.5, 0.6) is 0 Å². The second-order valence-electron chi connectivity index (χ2n) is 10.3. The van der Waals surface area contributed by atoms with Gasteiger partial charge in [0.2, 0.25) is 0 Å². The van der Waals surface area contributed by atoms with Gasteiger partial charge in [-0.3, -0.25) is 0 Å². The van der Waals surface area contributed by atoms with Crippen LogP contribution in [0.15, 0.2) is 48.5 Å². The van der Waals surface area contributed by atoms with Crippen LogP contribution in [0.25, 0.3) is 0 Å². The minimum absolute atomic E-state index is 0.0650. The number of alkyl halides is 3. The van der Waals surface area contributed by atoms with E-state index in [4.69, 9.17) is 14.2 Å². The number of benzene rings is 2. The average Bonchev–Trinajstić information content (AvgIpc) is 2.84. The Kier molecular flexibility index (Phi) is 11.1. The molecule has 0 spiro atoms. The van der Waals surface area contributed by atoms with E-state index < -0.39 is 41.5 Å². The Bertz CT molecular complexity index is 1010. The van der Waals surface area contributed by atoms with Crippen molar-refractivity contribution in [3.63, 3.8) is 0 Å². The molecule has 3 rings (SSSR count). The van der Waals surface area contributed by atoms with Crippen LogP contribution in [0.2, 0.25) is 0 Å². The Balaban J connectivity index is 0.000000538. The third-order valence-corrected chi connectivity index (χ3v) is 5.41. The van der Waals surface area contributed by atoms with Gasteiger partial charge < -0.3 is 19.5 Å². The number of halogens is 4. The smallest absolute Gasteiger partial charge is 0.416 e.